The Labute approximate surface area is 147 Å². The first-order chi connectivity index (χ1) is 11.8. The number of thiophene rings is 1. The van der Waals surface area contributed by atoms with Crippen molar-refractivity contribution in [3.05, 3.63) is 60.2 Å². The molecule has 3 aromatic heterocycles. The fourth-order valence-electron chi connectivity index (χ4n) is 3.73. The molecule has 2 nitrogen and oxygen atoms in total. The van der Waals surface area contributed by atoms with Crippen molar-refractivity contribution in [1.82, 2.24) is 9.97 Å². The summed E-state index contributed by atoms with van der Waals surface area (Å²) >= 11 is 1.85. The zero-order chi connectivity index (χ0) is 16.4. The van der Waals surface area contributed by atoms with Crippen molar-refractivity contribution >= 4 is 11.3 Å². The first kappa shape index (κ1) is 15.5. The molecule has 0 saturated heterocycles. The Hall–Kier alpha value is -2.00. The van der Waals surface area contributed by atoms with E-state index in [4.69, 9.17) is 0 Å². The van der Waals surface area contributed by atoms with E-state index in [0.717, 1.165) is 0 Å². The Kier molecular flexibility index (Phi) is 4.44. The van der Waals surface area contributed by atoms with Crippen LogP contribution in [0.25, 0.3) is 20.9 Å². The van der Waals surface area contributed by atoms with Gasteiger partial charge in [-0.3, -0.25) is 9.97 Å². The zero-order valence-corrected chi connectivity index (χ0v) is 14.9. The molecule has 0 aliphatic heterocycles. The van der Waals surface area contributed by atoms with Gasteiger partial charge in [0.1, 0.15) is 0 Å². The van der Waals surface area contributed by atoms with Gasteiger partial charge in [0.25, 0.3) is 0 Å². The van der Waals surface area contributed by atoms with Gasteiger partial charge in [-0.05, 0) is 61.1 Å². The molecule has 1 aliphatic carbocycles. The van der Waals surface area contributed by atoms with Crippen LogP contribution in [-0.2, 0) is 0 Å². The van der Waals surface area contributed by atoms with Crippen LogP contribution in [0.3, 0.4) is 0 Å². The van der Waals surface area contributed by atoms with Crippen molar-refractivity contribution < 1.29 is 0 Å². The van der Waals surface area contributed by atoms with Gasteiger partial charge < -0.3 is 0 Å². The van der Waals surface area contributed by atoms with E-state index < -0.39 is 0 Å². The largest absolute Gasteiger partial charge is 0.264 e. The van der Waals surface area contributed by atoms with Crippen LogP contribution in [0.15, 0.2) is 49.1 Å². The molecule has 3 heterocycles. The lowest BCUT2D eigenvalue weighted by molar-refractivity contribution is 0.444. The third-order valence-corrected chi connectivity index (χ3v) is 6.23. The molecule has 24 heavy (non-hydrogen) atoms. The van der Waals surface area contributed by atoms with Crippen LogP contribution in [0.5, 0.6) is 0 Å². The lowest BCUT2D eigenvalue weighted by atomic mass is 9.82. The Bertz CT molecular complexity index is 831. The maximum absolute atomic E-state index is 4.41. The molecule has 0 aromatic carbocycles. The van der Waals surface area contributed by atoms with E-state index >= 15 is 0 Å². The van der Waals surface area contributed by atoms with Gasteiger partial charge in [0.15, 0.2) is 0 Å². The molecular formula is C21H22N2S. The Morgan fingerprint density at radius 2 is 1.50 bits per heavy atom. The van der Waals surface area contributed by atoms with Gasteiger partial charge in [-0.25, -0.2) is 0 Å². The van der Waals surface area contributed by atoms with E-state index in [1.807, 2.05) is 29.9 Å². The summed E-state index contributed by atoms with van der Waals surface area (Å²) in [4.78, 5) is 11.3. The maximum Gasteiger partial charge on any atom is 0.0367 e. The predicted octanol–water partition coefficient (Wildman–Crippen LogP) is 6.23. The topological polar surface area (TPSA) is 25.8 Å². The van der Waals surface area contributed by atoms with Crippen molar-refractivity contribution in [2.45, 2.75) is 44.9 Å². The van der Waals surface area contributed by atoms with Crippen LogP contribution < -0.4 is 0 Å². The molecule has 0 spiro atoms. The number of rotatable bonds is 3. The van der Waals surface area contributed by atoms with Gasteiger partial charge in [0, 0.05) is 45.7 Å². The van der Waals surface area contributed by atoms with Gasteiger partial charge >= 0.3 is 0 Å². The van der Waals surface area contributed by atoms with Gasteiger partial charge in [0.05, 0.1) is 0 Å². The number of pyridine rings is 2. The summed E-state index contributed by atoms with van der Waals surface area (Å²) in [6.45, 7) is 2.15. The fraction of sp³-hybridized carbons (Fsp3) is 0.333. The lowest BCUT2D eigenvalue weighted by Gasteiger charge is -2.23. The van der Waals surface area contributed by atoms with Crippen molar-refractivity contribution in [3.8, 4) is 20.9 Å². The van der Waals surface area contributed by atoms with Crippen LogP contribution >= 0.6 is 11.3 Å². The molecule has 0 bridgehead atoms. The summed E-state index contributed by atoms with van der Waals surface area (Å²) in [5, 5.41) is 0. The SMILES string of the molecule is Cc1ccncc1-c1ccc(-c2cnccc2C2CCCCC2)s1. The summed E-state index contributed by atoms with van der Waals surface area (Å²) in [6.07, 6.45) is 14.6. The average Bonchev–Trinajstić information content (AvgIpc) is 3.12. The molecule has 122 valence electrons. The van der Waals surface area contributed by atoms with E-state index in [1.54, 1.807) is 0 Å². The summed E-state index contributed by atoms with van der Waals surface area (Å²) in [5.74, 6) is 0.697. The van der Waals surface area contributed by atoms with Crippen LogP contribution in [0, 0.1) is 6.92 Å². The monoisotopic (exact) mass is 334 g/mol. The molecule has 0 N–H and O–H groups in total. The van der Waals surface area contributed by atoms with Gasteiger partial charge in [-0.1, -0.05) is 19.3 Å². The molecule has 4 rings (SSSR count). The fourth-order valence-corrected chi connectivity index (χ4v) is 4.84. The molecule has 0 atom stereocenters. The van der Waals surface area contributed by atoms with Crippen molar-refractivity contribution in [2.75, 3.05) is 0 Å². The number of nitrogens with zero attached hydrogens (tertiary/aromatic N) is 2. The van der Waals surface area contributed by atoms with Gasteiger partial charge in [0.2, 0.25) is 0 Å². The van der Waals surface area contributed by atoms with Crippen molar-refractivity contribution in [2.24, 2.45) is 0 Å². The number of aromatic nitrogens is 2. The lowest BCUT2D eigenvalue weighted by Crippen LogP contribution is -2.05. The maximum atomic E-state index is 4.41. The smallest absolute Gasteiger partial charge is 0.0367 e. The van der Waals surface area contributed by atoms with E-state index in [-0.39, 0.29) is 0 Å². The van der Waals surface area contributed by atoms with Gasteiger partial charge in [-0.2, -0.15) is 0 Å². The second-order valence-electron chi connectivity index (χ2n) is 6.65. The summed E-state index contributed by atoms with van der Waals surface area (Å²) in [5.41, 5.74) is 5.32. The molecule has 3 aromatic rings. The highest BCUT2D eigenvalue weighted by Gasteiger charge is 2.20. The third-order valence-electron chi connectivity index (χ3n) is 5.08. The molecule has 1 saturated carbocycles. The average molecular weight is 334 g/mol. The first-order valence-electron chi connectivity index (χ1n) is 8.78. The van der Waals surface area contributed by atoms with E-state index in [1.165, 1.54) is 64.1 Å². The van der Waals surface area contributed by atoms with Gasteiger partial charge in [-0.15, -0.1) is 11.3 Å². The number of hydrogen-bond donors (Lipinski definition) is 0. The molecular weight excluding hydrogens is 312 g/mol. The minimum atomic E-state index is 0.697. The highest BCUT2D eigenvalue weighted by atomic mass is 32.1. The number of hydrogen-bond acceptors (Lipinski definition) is 3. The minimum Gasteiger partial charge on any atom is -0.264 e. The quantitative estimate of drug-likeness (QED) is 0.567. The van der Waals surface area contributed by atoms with Crippen molar-refractivity contribution in [1.29, 1.82) is 0 Å². The Morgan fingerprint density at radius 3 is 2.25 bits per heavy atom. The van der Waals surface area contributed by atoms with E-state index in [0.29, 0.717) is 5.92 Å². The predicted molar refractivity (Wildman–Crippen MR) is 101 cm³/mol. The molecule has 0 amide bonds. The van der Waals surface area contributed by atoms with Crippen LogP contribution in [0.1, 0.15) is 49.1 Å². The summed E-state index contributed by atoms with van der Waals surface area (Å²) in [7, 11) is 0. The summed E-state index contributed by atoms with van der Waals surface area (Å²) < 4.78 is 0. The highest BCUT2D eigenvalue weighted by Crippen LogP contribution is 2.41. The Balaban J connectivity index is 1.71. The van der Waals surface area contributed by atoms with Crippen LogP contribution in [0.4, 0.5) is 0 Å². The van der Waals surface area contributed by atoms with E-state index in [9.17, 15) is 0 Å². The molecule has 1 fully saturated rings. The zero-order valence-electron chi connectivity index (χ0n) is 14.0. The molecule has 1 aliphatic rings. The van der Waals surface area contributed by atoms with Crippen molar-refractivity contribution in [3.63, 3.8) is 0 Å². The molecule has 0 unspecified atom stereocenters. The second-order valence-corrected chi connectivity index (χ2v) is 7.74. The normalized spacial score (nSPS) is 15.5. The molecule has 3 heteroatoms. The third kappa shape index (κ3) is 3.01. The highest BCUT2D eigenvalue weighted by molar-refractivity contribution is 7.18. The summed E-state index contributed by atoms with van der Waals surface area (Å²) in [6, 6.07) is 8.78. The second kappa shape index (κ2) is 6.86. The first-order valence-corrected chi connectivity index (χ1v) is 9.59. The minimum absolute atomic E-state index is 0.697. The standard InChI is InChI=1S/C21H22N2S/c1-15-9-11-22-13-18(15)20-7-8-21(24-20)19-14-23-12-10-17(19)16-5-3-2-4-6-16/h7-14,16H,2-6H2,1H3. The Morgan fingerprint density at radius 1 is 0.833 bits per heavy atom. The molecule has 0 radical (unpaired) electrons. The van der Waals surface area contributed by atoms with Crippen LogP contribution in [-0.4, -0.2) is 9.97 Å². The number of aryl methyl sites for hydroxylation is 1. The van der Waals surface area contributed by atoms with E-state index in [2.05, 4.69) is 47.4 Å². The van der Waals surface area contributed by atoms with Crippen LogP contribution in [0.2, 0.25) is 0 Å².